The molecule has 4 heteroatoms. The third kappa shape index (κ3) is 4.48. The van der Waals surface area contributed by atoms with E-state index in [0.717, 1.165) is 49.0 Å². The molecule has 1 heterocycles. The number of ether oxygens (including phenoxy) is 3. The summed E-state index contributed by atoms with van der Waals surface area (Å²) in [5.74, 6) is 2.67. The molecule has 2 aliphatic rings. The maximum atomic E-state index is 12.6. The van der Waals surface area contributed by atoms with E-state index in [1.54, 1.807) is 14.2 Å². The first-order chi connectivity index (χ1) is 13.2. The van der Waals surface area contributed by atoms with Gasteiger partial charge in [0.2, 0.25) is 0 Å². The Morgan fingerprint density at radius 1 is 1.07 bits per heavy atom. The minimum Gasteiger partial charge on any atom is -0.493 e. The van der Waals surface area contributed by atoms with Crippen LogP contribution in [0.4, 0.5) is 0 Å². The van der Waals surface area contributed by atoms with Gasteiger partial charge in [-0.3, -0.25) is 4.79 Å². The van der Waals surface area contributed by atoms with Crippen LogP contribution < -0.4 is 9.47 Å². The molecule has 0 radical (unpaired) electrons. The molecule has 1 aliphatic carbocycles. The molecule has 0 aromatic heterocycles. The van der Waals surface area contributed by atoms with E-state index in [0.29, 0.717) is 23.7 Å². The fourth-order valence-electron chi connectivity index (χ4n) is 4.20. The molecule has 1 aliphatic heterocycles. The van der Waals surface area contributed by atoms with E-state index in [4.69, 9.17) is 14.2 Å². The van der Waals surface area contributed by atoms with E-state index in [2.05, 4.69) is 13.0 Å². The number of hydrogen-bond donors (Lipinski definition) is 0. The highest BCUT2D eigenvalue weighted by atomic mass is 16.5. The third-order valence-electron chi connectivity index (χ3n) is 5.73. The highest BCUT2D eigenvalue weighted by Crippen LogP contribution is 2.45. The predicted molar refractivity (Wildman–Crippen MR) is 107 cm³/mol. The Morgan fingerprint density at radius 2 is 1.85 bits per heavy atom. The van der Waals surface area contributed by atoms with E-state index in [-0.39, 0.29) is 12.0 Å². The van der Waals surface area contributed by atoms with Crippen LogP contribution in [0.3, 0.4) is 0 Å². The molecular formula is C23H32O4. The average molecular weight is 373 g/mol. The molecule has 2 atom stereocenters. The van der Waals surface area contributed by atoms with Gasteiger partial charge in [0.25, 0.3) is 0 Å². The molecule has 0 saturated heterocycles. The van der Waals surface area contributed by atoms with Crippen LogP contribution in [-0.4, -0.2) is 20.0 Å². The van der Waals surface area contributed by atoms with Crippen LogP contribution in [0.2, 0.25) is 0 Å². The molecule has 1 fully saturated rings. The Balaban J connectivity index is 1.92. The lowest BCUT2D eigenvalue weighted by molar-refractivity contribution is -0.129. The zero-order chi connectivity index (χ0) is 19.2. The van der Waals surface area contributed by atoms with E-state index < -0.39 is 0 Å². The van der Waals surface area contributed by atoms with Crippen molar-refractivity contribution in [2.45, 2.75) is 70.8 Å². The number of rotatable bonds is 8. The fraction of sp³-hybridized carbons (Fsp3) is 0.609. The van der Waals surface area contributed by atoms with Crippen molar-refractivity contribution in [2.24, 2.45) is 5.92 Å². The van der Waals surface area contributed by atoms with Gasteiger partial charge >= 0.3 is 0 Å². The number of carbonyl (C=O) groups excluding carboxylic acids is 1. The molecule has 2 unspecified atom stereocenters. The number of methoxy groups -OCH3 is 2. The van der Waals surface area contributed by atoms with Gasteiger partial charge in [-0.1, -0.05) is 32.6 Å². The molecule has 4 nitrogen and oxygen atoms in total. The van der Waals surface area contributed by atoms with Crippen LogP contribution in [0.25, 0.3) is 6.08 Å². The summed E-state index contributed by atoms with van der Waals surface area (Å²) in [6.45, 7) is 2.22. The maximum absolute atomic E-state index is 12.6. The summed E-state index contributed by atoms with van der Waals surface area (Å²) in [6, 6.07) is 4.01. The zero-order valence-corrected chi connectivity index (χ0v) is 16.9. The second-order valence-electron chi connectivity index (χ2n) is 7.61. The summed E-state index contributed by atoms with van der Waals surface area (Å²) >= 11 is 0. The summed E-state index contributed by atoms with van der Waals surface area (Å²) in [7, 11) is 3.30. The first-order valence-electron chi connectivity index (χ1n) is 10.3. The second kappa shape index (κ2) is 9.29. The summed E-state index contributed by atoms with van der Waals surface area (Å²) in [5.41, 5.74) is 2.14. The van der Waals surface area contributed by atoms with Crippen molar-refractivity contribution < 1.29 is 19.0 Å². The Kier molecular flexibility index (Phi) is 6.81. The Bertz CT molecular complexity index is 692. The van der Waals surface area contributed by atoms with Crippen LogP contribution in [0.5, 0.6) is 11.5 Å². The van der Waals surface area contributed by atoms with Gasteiger partial charge in [-0.05, 0) is 43.0 Å². The Morgan fingerprint density at radius 3 is 2.56 bits per heavy atom. The summed E-state index contributed by atoms with van der Waals surface area (Å²) in [4.78, 5) is 12.6. The first kappa shape index (κ1) is 19.8. The monoisotopic (exact) mass is 372 g/mol. The maximum Gasteiger partial charge on any atom is 0.161 e. The number of carbonyl (C=O) groups is 1. The van der Waals surface area contributed by atoms with Crippen LogP contribution in [0.1, 0.15) is 81.9 Å². The largest absolute Gasteiger partial charge is 0.493 e. The van der Waals surface area contributed by atoms with Gasteiger partial charge in [-0.25, -0.2) is 0 Å². The van der Waals surface area contributed by atoms with E-state index >= 15 is 0 Å². The molecule has 27 heavy (non-hydrogen) atoms. The molecule has 0 spiro atoms. The Hall–Kier alpha value is -1.97. The lowest BCUT2D eigenvalue weighted by Gasteiger charge is -2.34. The number of unbranched alkanes of at least 4 members (excludes halogenated alkanes) is 3. The third-order valence-corrected chi connectivity index (χ3v) is 5.73. The van der Waals surface area contributed by atoms with Crippen molar-refractivity contribution in [1.29, 1.82) is 0 Å². The molecule has 0 bridgehead atoms. The number of ketones is 1. The van der Waals surface area contributed by atoms with Crippen molar-refractivity contribution in [1.82, 2.24) is 0 Å². The number of allylic oxidation sites excluding steroid dienone is 1. The molecule has 1 saturated carbocycles. The molecule has 148 valence electrons. The lowest BCUT2D eigenvalue weighted by Crippen LogP contribution is -2.29. The molecule has 0 N–H and O–H groups in total. The van der Waals surface area contributed by atoms with Crippen LogP contribution in [-0.2, 0) is 9.53 Å². The highest BCUT2D eigenvalue weighted by molar-refractivity contribution is 5.83. The van der Waals surface area contributed by atoms with Gasteiger partial charge in [0.05, 0.1) is 25.9 Å². The number of hydrogen-bond acceptors (Lipinski definition) is 4. The van der Waals surface area contributed by atoms with Crippen molar-refractivity contribution in [2.75, 3.05) is 14.2 Å². The van der Waals surface area contributed by atoms with Gasteiger partial charge in [0.1, 0.15) is 11.9 Å². The quantitative estimate of drug-likeness (QED) is 0.537. The molecule has 3 rings (SSSR count). The smallest absolute Gasteiger partial charge is 0.161 e. The summed E-state index contributed by atoms with van der Waals surface area (Å²) in [5, 5.41) is 0. The highest BCUT2D eigenvalue weighted by Gasteiger charge is 2.36. The van der Waals surface area contributed by atoms with Gasteiger partial charge in [0, 0.05) is 18.4 Å². The van der Waals surface area contributed by atoms with Gasteiger partial charge in [-0.15, -0.1) is 0 Å². The molecule has 1 aromatic carbocycles. The predicted octanol–water partition coefficient (Wildman–Crippen LogP) is 5.85. The average Bonchev–Trinajstić information content (AvgIpc) is 2.70. The van der Waals surface area contributed by atoms with Crippen LogP contribution >= 0.6 is 0 Å². The zero-order valence-electron chi connectivity index (χ0n) is 16.9. The van der Waals surface area contributed by atoms with Crippen molar-refractivity contribution >= 4 is 11.9 Å². The van der Waals surface area contributed by atoms with E-state index in [9.17, 15) is 4.79 Å². The number of fused-ring (bicyclic) bond motifs is 1. The van der Waals surface area contributed by atoms with Crippen LogP contribution in [0, 0.1) is 5.92 Å². The SMILES string of the molecule is CCCCCCC1=Cc2cc(OC)c(OC)cc2C(C2CCCCC2=O)O1. The molecule has 1 aromatic rings. The normalized spacial score (nSPS) is 21.9. The van der Waals surface area contributed by atoms with Crippen LogP contribution in [0.15, 0.2) is 17.9 Å². The van der Waals surface area contributed by atoms with E-state index in [1.165, 1.54) is 19.3 Å². The van der Waals surface area contributed by atoms with E-state index in [1.807, 2.05) is 12.1 Å². The van der Waals surface area contributed by atoms with Crippen molar-refractivity contribution in [3.05, 3.63) is 29.0 Å². The molecule has 0 amide bonds. The number of benzene rings is 1. The number of Topliss-reactive ketones (excluding diaryl/α,β-unsaturated/α-hetero) is 1. The van der Waals surface area contributed by atoms with Gasteiger partial charge in [0.15, 0.2) is 11.5 Å². The van der Waals surface area contributed by atoms with Crippen molar-refractivity contribution in [3.63, 3.8) is 0 Å². The minimum absolute atomic E-state index is 0.0602. The summed E-state index contributed by atoms with van der Waals surface area (Å²) < 4.78 is 17.4. The lowest BCUT2D eigenvalue weighted by atomic mass is 9.79. The first-order valence-corrected chi connectivity index (χ1v) is 10.3. The summed E-state index contributed by atoms with van der Waals surface area (Å²) in [6.07, 6.45) is 11.3. The Labute approximate surface area is 162 Å². The van der Waals surface area contributed by atoms with Gasteiger partial charge < -0.3 is 14.2 Å². The second-order valence-corrected chi connectivity index (χ2v) is 7.61. The molecular weight excluding hydrogens is 340 g/mol. The minimum atomic E-state index is -0.209. The fourth-order valence-corrected chi connectivity index (χ4v) is 4.20. The van der Waals surface area contributed by atoms with Gasteiger partial charge in [-0.2, -0.15) is 0 Å². The topological polar surface area (TPSA) is 44.8 Å². The van der Waals surface area contributed by atoms with Crippen molar-refractivity contribution in [3.8, 4) is 11.5 Å². The standard InChI is InChI=1S/C23H32O4/c1-4-5-6-7-10-17-13-16-14-21(25-2)22(26-3)15-19(16)23(27-17)18-11-8-9-12-20(18)24/h13-15,18,23H,4-12H2,1-3H3.